The maximum atomic E-state index is 12.8. The van der Waals surface area contributed by atoms with Crippen molar-refractivity contribution in [3.05, 3.63) is 65.7 Å². The summed E-state index contributed by atoms with van der Waals surface area (Å²) in [6, 6.07) is 17.9. The Balaban J connectivity index is 1.59. The number of amides is 1. The fourth-order valence-corrected chi connectivity index (χ4v) is 6.83. The summed E-state index contributed by atoms with van der Waals surface area (Å²) in [5.74, 6) is 0. The topological polar surface area (TPSA) is 71.5 Å². The van der Waals surface area contributed by atoms with Crippen LogP contribution in [0.5, 0.6) is 0 Å². The molecule has 2 fully saturated rings. The van der Waals surface area contributed by atoms with E-state index in [0.717, 1.165) is 36.1 Å². The van der Waals surface area contributed by atoms with Gasteiger partial charge in [-0.3, -0.25) is 9.80 Å². The average Bonchev–Trinajstić information content (AvgIpc) is 3.42. The van der Waals surface area contributed by atoms with Gasteiger partial charge in [-0.15, -0.1) is 0 Å². The van der Waals surface area contributed by atoms with Crippen LogP contribution in [0.25, 0.3) is 0 Å². The summed E-state index contributed by atoms with van der Waals surface area (Å²) in [7, 11) is -2.41. The number of hydrogen-bond acceptors (Lipinski definition) is 5. The molecule has 0 saturated carbocycles. The van der Waals surface area contributed by atoms with Crippen LogP contribution in [0.1, 0.15) is 72.1 Å². The molecule has 0 bridgehead atoms. The molecule has 0 aromatic heterocycles. The molecule has 0 aliphatic carbocycles. The van der Waals surface area contributed by atoms with Gasteiger partial charge in [0.15, 0.2) is 8.32 Å². The van der Waals surface area contributed by atoms with Crippen LogP contribution in [0.4, 0.5) is 4.79 Å². The number of carboxylic acid groups (broad SMARTS) is 1. The summed E-state index contributed by atoms with van der Waals surface area (Å²) >= 11 is 0. The fraction of sp³-hybridized carbons (Fsp3) is 0.606. The minimum absolute atomic E-state index is 0.147. The Morgan fingerprint density at radius 1 is 1.10 bits per heavy atom. The number of rotatable bonds is 10. The van der Waals surface area contributed by atoms with E-state index in [1.54, 1.807) is 4.90 Å². The van der Waals surface area contributed by atoms with Crippen molar-refractivity contribution < 1.29 is 23.6 Å². The lowest BCUT2D eigenvalue weighted by atomic mass is 9.78. The quantitative estimate of drug-likeness (QED) is 0.324. The summed E-state index contributed by atoms with van der Waals surface area (Å²) < 4.78 is 19.4. The van der Waals surface area contributed by atoms with Crippen molar-refractivity contribution >= 4 is 27.0 Å². The van der Waals surface area contributed by atoms with Crippen molar-refractivity contribution in [2.75, 3.05) is 26.2 Å². The van der Waals surface area contributed by atoms with E-state index in [9.17, 15) is 9.90 Å². The Morgan fingerprint density at radius 3 is 2.33 bits per heavy atom. The summed E-state index contributed by atoms with van der Waals surface area (Å²) in [4.78, 5) is 16.8. The van der Waals surface area contributed by atoms with Gasteiger partial charge >= 0.3 is 13.2 Å². The fourth-order valence-electron chi connectivity index (χ4n) is 5.45. The van der Waals surface area contributed by atoms with Gasteiger partial charge in [-0.25, -0.2) is 4.79 Å². The smallest absolute Gasteiger partial charge is 0.465 e. The minimum Gasteiger partial charge on any atom is -0.465 e. The predicted octanol–water partition coefficient (Wildman–Crippen LogP) is 6.35. The van der Waals surface area contributed by atoms with E-state index in [4.69, 9.17) is 13.7 Å². The standard InChI is InChI=1S/C33H51BN2O5Si/c1-31(2,3)42(8,9)39-28-19-20-35(23-28)24-29(36(30(37)38)21-18-25-14-11-10-12-15-25)26-16-13-17-27(22-26)34-40-32(4,5)33(6,7)41-34/h10-17,22,28-29H,18-21,23-24H2,1-9H3,(H,37,38)/t28-,29+/m0/s1. The first-order valence-electron chi connectivity index (χ1n) is 15.4. The number of carbonyl (C=O) groups is 1. The number of likely N-dealkylation sites (tertiary alicyclic amines) is 1. The van der Waals surface area contributed by atoms with Gasteiger partial charge in [0.2, 0.25) is 0 Å². The van der Waals surface area contributed by atoms with Gasteiger partial charge in [0.25, 0.3) is 0 Å². The summed E-state index contributed by atoms with van der Waals surface area (Å²) in [6.07, 6.45) is 0.873. The Morgan fingerprint density at radius 2 is 1.74 bits per heavy atom. The van der Waals surface area contributed by atoms with E-state index < -0.39 is 32.7 Å². The van der Waals surface area contributed by atoms with Crippen molar-refractivity contribution in [2.45, 2.75) is 103 Å². The zero-order chi connectivity index (χ0) is 30.9. The van der Waals surface area contributed by atoms with Crippen molar-refractivity contribution in [3.63, 3.8) is 0 Å². The molecule has 230 valence electrons. The highest BCUT2D eigenvalue weighted by atomic mass is 28.4. The van der Waals surface area contributed by atoms with Gasteiger partial charge in [0.05, 0.1) is 23.3 Å². The first-order valence-corrected chi connectivity index (χ1v) is 18.3. The molecule has 9 heteroatoms. The third kappa shape index (κ3) is 7.48. The van der Waals surface area contributed by atoms with Crippen LogP contribution in [0.2, 0.25) is 18.1 Å². The molecule has 2 saturated heterocycles. The molecular weight excluding hydrogens is 543 g/mol. The molecule has 2 heterocycles. The lowest BCUT2D eigenvalue weighted by Crippen LogP contribution is -2.45. The summed E-state index contributed by atoms with van der Waals surface area (Å²) in [6.45, 7) is 22.3. The number of benzene rings is 2. The second-order valence-corrected chi connectivity index (χ2v) is 19.3. The van der Waals surface area contributed by atoms with Gasteiger partial charge < -0.3 is 18.8 Å². The van der Waals surface area contributed by atoms with Gasteiger partial charge in [-0.05, 0) is 75.3 Å². The van der Waals surface area contributed by atoms with E-state index in [1.165, 1.54) is 0 Å². The van der Waals surface area contributed by atoms with Crippen LogP contribution < -0.4 is 5.46 Å². The monoisotopic (exact) mass is 594 g/mol. The van der Waals surface area contributed by atoms with Crippen molar-refractivity contribution in [3.8, 4) is 0 Å². The van der Waals surface area contributed by atoms with Crippen LogP contribution in [0.3, 0.4) is 0 Å². The summed E-state index contributed by atoms with van der Waals surface area (Å²) in [5, 5.41) is 10.7. The van der Waals surface area contributed by atoms with E-state index in [2.05, 4.69) is 57.0 Å². The Hall–Kier alpha value is -2.17. The second kappa shape index (κ2) is 12.4. The molecule has 0 radical (unpaired) electrons. The van der Waals surface area contributed by atoms with Crippen LogP contribution in [-0.2, 0) is 20.2 Å². The molecule has 4 rings (SSSR count). The maximum Gasteiger partial charge on any atom is 0.494 e. The van der Waals surface area contributed by atoms with E-state index in [1.807, 2.05) is 64.1 Å². The van der Waals surface area contributed by atoms with Crippen molar-refractivity contribution in [2.24, 2.45) is 0 Å². The number of hydrogen-bond donors (Lipinski definition) is 1. The average molecular weight is 595 g/mol. The Labute approximate surface area is 254 Å². The normalized spacial score (nSPS) is 21.5. The van der Waals surface area contributed by atoms with E-state index in [-0.39, 0.29) is 17.2 Å². The maximum absolute atomic E-state index is 12.8. The highest BCUT2D eigenvalue weighted by Crippen LogP contribution is 2.39. The molecular formula is C33H51BN2O5Si. The van der Waals surface area contributed by atoms with Gasteiger partial charge in [0.1, 0.15) is 0 Å². The van der Waals surface area contributed by atoms with Crippen molar-refractivity contribution in [1.29, 1.82) is 0 Å². The largest absolute Gasteiger partial charge is 0.494 e. The SMILES string of the molecule is CC1(C)OB(c2cccc([C@@H](CN3CC[C@H](O[Si](C)(C)C(C)(C)C)C3)N(CCc3ccccc3)C(=O)O)c2)OC1(C)C. The molecule has 2 aliphatic heterocycles. The predicted molar refractivity (Wildman–Crippen MR) is 173 cm³/mol. The molecule has 42 heavy (non-hydrogen) atoms. The molecule has 2 aromatic carbocycles. The Bertz CT molecular complexity index is 1200. The molecule has 2 aliphatic rings. The van der Waals surface area contributed by atoms with Gasteiger partial charge in [-0.2, -0.15) is 0 Å². The van der Waals surface area contributed by atoms with E-state index in [0.29, 0.717) is 19.5 Å². The molecule has 7 nitrogen and oxygen atoms in total. The lowest BCUT2D eigenvalue weighted by Gasteiger charge is -2.38. The molecule has 1 amide bonds. The van der Waals surface area contributed by atoms with Crippen LogP contribution in [-0.4, -0.2) is 79.9 Å². The third-order valence-corrected chi connectivity index (χ3v) is 14.4. The summed E-state index contributed by atoms with van der Waals surface area (Å²) in [5.41, 5.74) is 2.07. The minimum atomic E-state index is -1.90. The lowest BCUT2D eigenvalue weighted by molar-refractivity contribution is 0.00578. The molecule has 0 unspecified atom stereocenters. The molecule has 2 atom stereocenters. The second-order valence-electron chi connectivity index (χ2n) is 14.5. The molecule has 0 spiro atoms. The highest BCUT2D eigenvalue weighted by Gasteiger charge is 2.52. The first kappa shape index (κ1) is 32.7. The Kier molecular flexibility index (Phi) is 9.70. The third-order valence-electron chi connectivity index (χ3n) is 9.85. The van der Waals surface area contributed by atoms with Gasteiger partial charge in [0, 0.05) is 26.2 Å². The van der Waals surface area contributed by atoms with Crippen molar-refractivity contribution in [1.82, 2.24) is 9.80 Å². The zero-order valence-electron chi connectivity index (χ0n) is 27.1. The zero-order valence-corrected chi connectivity index (χ0v) is 28.1. The first-order chi connectivity index (χ1) is 19.5. The van der Waals surface area contributed by atoms with Crippen LogP contribution in [0, 0.1) is 0 Å². The van der Waals surface area contributed by atoms with Crippen LogP contribution in [0.15, 0.2) is 54.6 Å². The van der Waals surface area contributed by atoms with Gasteiger partial charge in [-0.1, -0.05) is 75.4 Å². The van der Waals surface area contributed by atoms with E-state index >= 15 is 0 Å². The van der Waals surface area contributed by atoms with Crippen LogP contribution >= 0.6 is 0 Å². The number of nitrogens with zero attached hydrogens (tertiary/aromatic N) is 2. The highest BCUT2D eigenvalue weighted by molar-refractivity contribution is 6.74. The molecule has 1 N–H and O–H groups in total. The molecule has 2 aromatic rings.